The molecule has 1 saturated heterocycles. The van der Waals surface area contributed by atoms with E-state index in [1.54, 1.807) is 25.6 Å². The molecule has 4 rings (SSSR count). The number of carbonyl (C=O) groups excluding carboxylic acids is 1. The SMILES string of the molecule is COc1ccc(-c2cc(N3CCC(C(=O)Nc4cccc([N+](=O)[O-])c4)CC3)ncn2)cc1. The Balaban J connectivity index is 1.37. The molecule has 0 aliphatic carbocycles. The number of rotatable bonds is 6. The van der Waals surface area contributed by atoms with Gasteiger partial charge in [0.1, 0.15) is 17.9 Å². The molecule has 1 fully saturated rings. The summed E-state index contributed by atoms with van der Waals surface area (Å²) in [7, 11) is 1.63. The highest BCUT2D eigenvalue weighted by Gasteiger charge is 2.26. The van der Waals surface area contributed by atoms with Gasteiger partial charge in [0.25, 0.3) is 5.69 Å². The Kier molecular flexibility index (Phi) is 6.25. The monoisotopic (exact) mass is 433 g/mol. The van der Waals surface area contributed by atoms with Gasteiger partial charge < -0.3 is 15.0 Å². The van der Waals surface area contributed by atoms with E-state index in [0.717, 1.165) is 22.8 Å². The molecule has 1 aliphatic rings. The lowest BCUT2D eigenvalue weighted by Crippen LogP contribution is -2.38. The molecule has 2 aromatic carbocycles. The maximum absolute atomic E-state index is 12.6. The van der Waals surface area contributed by atoms with Crippen LogP contribution in [0.3, 0.4) is 0 Å². The second-order valence-electron chi connectivity index (χ2n) is 7.55. The van der Waals surface area contributed by atoms with Crippen LogP contribution in [-0.4, -0.2) is 41.0 Å². The molecule has 1 aliphatic heterocycles. The Hall–Kier alpha value is -4.01. The highest BCUT2D eigenvalue weighted by molar-refractivity contribution is 5.93. The van der Waals surface area contributed by atoms with Gasteiger partial charge in [0, 0.05) is 48.5 Å². The Morgan fingerprint density at radius 3 is 2.56 bits per heavy atom. The summed E-state index contributed by atoms with van der Waals surface area (Å²) in [4.78, 5) is 34.0. The number of hydrogen-bond acceptors (Lipinski definition) is 7. The number of nitro benzene ring substituents is 1. The highest BCUT2D eigenvalue weighted by Crippen LogP contribution is 2.27. The van der Waals surface area contributed by atoms with Crippen molar-refractivity contribution in [3.63, 3.8) is 0 Å². The Morgan fingerprint density at radius 1 is 1.12 bits per heavy atom. The van der Waals surface area contributed by atoms with E-state index in [1.807, 2.05) is 30.3 Å². The first kappa shape index (κ1) is 21.2. The predicted molar refractivity (Wildman–Crippen MR) is 121 cm³/mol. The average molecular weight is 433 g/mol. The molecule has 164 valence electrons. The minimum Gasteiger partial charge on any atom is -0.497 e. The molecule has 1 amide bonds. The first-order valence-corrected chi connectivity index (χ1v) is 10.3. The van der Waals surface area contributed by atoms with E-state index < -0.39 is 4.92 Å². The molecule has 2 heterocycles. The summed E-state index contributed by atoms with van der Waals surface area (Å²) in [5, 5.41) is 13.7. The van der Waals surface area contributed by atoms with Crippen molar-refractivity contribution in [1.82, 2.24) is 9.97 Å². The Bertz CT molecular complexity index is 1110. The number of piperidine rings is 1. The van der Waals surface area contributed by atoms with Gasteiger partial charge in [-0.15, -0.1) is 0 Å². The molecule has 0 saturated carbocycles. The number of amides is 1. The van der Waals surface area contributed by atoms with Gasteiger partial charge >= 0.3 is 0 Å². The molecule has 3 aromatic rings. The van der Waals surface area contributed by atoms with E-state index in [-0.39, 0.29) is 17.5 Å². The third kappa shape index (κ3) is 4.83. The van der Waals surface area contributed by atoms with Gasteiger partial charge in [0.2, 0.25) is 5.91 Å². The van der Waals surface area contributed by atoms with Crippen LogP contribution in [0.15, 0.2) is 60.9 Å². The van der Waals surface area contributed by atoms with Crippen LogP contribution in [-0.2, 0) is 4.79 Å². The Labute approximate surface area is 185 Å². The third-order valence-electron chi connectivity index (χ3n) is 5.55. The number of carbonyl (C=O) groups is 1. The zero-order chi connectivity index (χ0) is 22.5. The van der Waals surface area contributed by atoms with Crippen molar-refractivity contribution in [2.24, 2.45) is 5.92 Å². The molecule has 0 unspecified atom stereocenters. The highest BCUT2D eigenvalue weighted by atomic mass is 16.6. The van der Waals surface area contributed by atoms with Crippen molar-refractivity contribution in [2.45, 2.75) is 12.8 Å². The number of nitrogens with zero attached hydrogens (tertiary/aromatic N) is 4. The fourth-order valence-electron chi connectivity index (χ4n) is 3.75. The fraction of sp³-hybridized carbons (Fsp3) is 0.261. The van der Waals surface area contributed by atoms with Crippen LogP contribution in [0.1, 0.15) is 12.8 Å². The summed E-state index contributed by atoms with van der Waals surface area (Å²) in [5.74, 6) is 1.33. The third-order valence-corrected chi connectivity index (χ3v) is 5.55. The number of benzene rings is 2. The van der Waals surface area contributed by atoms with Crippen LogP contribution in [0.2, 0.25) is 0 Å². The van der Waals surface area contributed by atoms with Crippen molar-refractivity contribution < 1.29 is 14.5 Å². The number of non-ortho nitro benzene ring substituents is 1. The molecular formula is C23H23N5O4. The van der Waals surface area contributed by atoms with Crippen molar-refractivity contribution in [3.8, 4) is 17.0 Å². The van der Waals surface area contributed by atoms with Crippen molar-refractivity contribution in [3.05, 3.63) is 71.0 Å². The standard InChI is InChI=1S/C23H23N5O4/c1-32-20-7-5-16(6-8-20)21-14-22(25-15-24-21)27-11-9-17(10-12-27)23(29)26-18-3-2-4-19(13-18)28(30)31/h2-8,13-15,17H,9-12H2,1H3,(H,26,29). The lowest BCUT2D eigenvalue weighted by molar-refractivity contribution is -0.384. The lowest BCUT2D eigenvalue weighted by Gasteiger charge is -2.32. The Morgan fingerprint density at radius 2 is 1.88 bits per heavy atom. The number of hydrogen-bond donors (Lipinski definition) is 1. The van der Waals surface area contributed by atoms with Gasteiger partial charge in [-0.1, -0.05) is 6.07 Å². The maximum Gasteiger partial charge on any atom is 0.271 e. The predicted octanol–water partition coefficient (Wildman–Crippen LogP) is 3.92. The first-order valence-electron chi connectivity index (χ1n) is 10.3. The molecule has 0 spiro atoms. The maximum atomic E-state index is 12.6. The van der Waals surface area contributed by atoms with Gasteiger partial charge in [-0.3, -0.25) is 14.9 Å². The second kappa shape index (κ2) is 9.42. The van der Waals surface area contributed by atoms with Crippen molar-refractivity contribution in [1.29, 1.82) is 0 Å². The number of nitrogens with one attached hydrogen (secondary N) is 1. The first-order chi connectivity index (χ1) is 15.5. The number of methoxy groups -OCH3 is 1. The number of ether oxygens (including phenoxy) is 1. The zero-order valence-electron chi connectivity index (χ0n) is 17.6. The molecular weight excluding hydrogens is 410 g/mol. The summed E-state index contributed by atoms with van der Waals surface area (Å²) in [6.45, 7) is 1.37. The van der Waals surface area contributed by atoms with Gasteiger partial charge in [-0.2, -0.15) is 0 Å². The summed E-state index contributed by atoms with van der Waals surface area (Å²) >= 11 is 0. The normalized spacial score (nSPS) is 14.1. The second-order valence-corrected chi connectivity index (χ2v) is 7.55. The van der Waals surface area contributed by atoms with Crippen LogP contribution in [0.5, 0.6) is 5.75 Å². The van der Waals surface area contributed by atoms with Gasteiger partial charge in [-0.05, 0) is 43.2 Å². The van der Waals surface area contributed by atoms with Gasteiger partial charge in [-0.25, -0.2) is 9.97 Å². The van der Waals surface area contributed by atoms with Crippen molar-refractivity contribution in [2.75, 3.05) is 30.4 Å². The van der Waals surface area contributed by atoms with Crippen LogP contribution >= 0.6 is 0 Å². The molecule has 32 heavy (non-hydrogen) atoms. The molecule has 0 bridgehead atoms. The van der Waals surface area contributed by atoms with E-state index in [9.17, 15) is 14.9 Å². The average Bonchev–Trinajstić information content (AvgIpc) is 2.84. The molecule has 1 N–H and O–H groups in total. The van der Waals surface area contributed by atoms with E-state index in [4.69, 9.17) is 4.74 Å². The smallest absolute Gasteiger partial charge is 0.271 e. The fourth-order valence-corrected chi connectivity index (χ4v) is 3.75. The van der Waals surface area contributed by atoms with E-state index in [2.05, 4.69) is 20.2 Å². The molecule has 0 radical (unpaired) electrons. The minimum atomic E-state index is -0.476. The molecule has 1 aromatic heterocycles. The van der Waals surface area contributed by atoms with Gasteiger partial charge in [0.05, 0.1) is 17.7 Å². The summed E-state index contributed by atoms with van der Waals surface area (Å²) in [6, 6.07) is 15.6. The summed E-state index contributed by atoms with van der Waals surface area (Å²) in [5.41, 5.74) is 2.18. The van der Waals surface area contributed by atoms with E-state index >= 15 is 0 Å². The van der Waals surface area contributed by atoms with Crippen LogP contribution in [0.4, 0.5) is 17.2 Å². The summed E-state index contributed by atoms with van der Waals surface area (Å²) in [6.07, 6.45) is 2.89. The van der Waals surface area contributed by atoms with Gasteiger partial charge in [0.15, 0.2) is 0 Å². The molecule has 9 nitrogen and oxygen atoms in total. The van der Waals surface area contributed by atoms with Crippen LogP contribution in [0.25, 0.3) is 11.3 Å². The van der Waals surface area contributed by atoms with E-state index in [1.165, 1.54) is 12.1 Å². The van der Waals surface area contributed by atoms with Crippen LogP contribution in [0, 0.1) is 16.0 Å². The van der Waals surface area contributed by atoms with E-state index in [0.29, 0.717) is 31.6 Å². The van der Waals surface area contributed by atoms with Crippen LogP contribution < -0.4 is 15.0 Å². The zero-order valence-corrected chi connectivity index (χ0v) is 17.6. The van der Waals surface area contributed by atoms with Crippen molar-refractivity contribution >= 4 is 23.1 Å². The minimum absolute atomic E-state index is 0.0472. The summed E-state index contributed by atoms with van der Waals surface area (Å²) < 4.78 is 5.20. The molecule has 0 atom stereocenters. The lowest BCUT2D eigenvalue weighted by atomic mass is 9.95. The quantitative estimate of drug-likeness (QED) is 0.463. The topological polar surface area (TPSA) is 110 Å². The molecule has 9 heteroatoms. The largest absolute Gasteiger partial charge is 0.497 e. The number of anilines is 2. The number of aromatic nitrogens is 2. The number of nitro groups is 1.